The number of hydrogen-bond acceptors (Lipinski definition) is 5. The lowest BCUT2D eigenvalue weighted by Crippen LogP contribution is -2.47. The van der Waals surface area contributed by atoms with Gasteiger partial charge in [-0.1, -0.05) is 17.7 Å². The van der Waals surface area contributed by atoms with Crippen LogP contribution in [0.2, 0.25) is 0 Å². The number of H-pyrrole nitrogens is 1. The second-order valence-electron chi connectivity index (χ2n) is 7.14. The van der Waals surface area contributed by atoms with Crippen LogP contribution in [0.15, 0.2) is 29.2 Å². The topological polar surface area (TPSA) is 104 Å². The number of amides is 1. The zero-order valence-electron chi connectivity index (χ0n) is 16.4. The summed E-state index contributed by atoms with van der Waals surface area (Å²) < 4.78 is 33.6. The Bertz CT molecular complexity index is 910. The van der Waals surface area contributed by atoms with Gasteiger partial charge in [0.1, 0.15) is 10.6 Å². The van der Waals surface area contributed by atoms with Crippen molar-refractivity contribution in [2.75, 3.05) is 19.7 Å². The molecule has 1 amide bonds. The minimum atomic E-state index is -3.64. The number of sulfonamides is 1. The molecule has 0 radical (unpaired) electrons. The molecule has 1 fully saturated rings. The highest BCUT2D eigenvalue weighted by Crippen LogP contribution is 2.19. The van der Waals surface area contributed by atoms with Gasteiger partial charge in [0.05, 0.1) is 11.4 Å². The molecule has 152 valence electrons. The van der Waals surface area contributed by atoms with Crippen molar-refractivity contribution in [3.05, 3.63) is 41.2 Å². The summed E-state index contributed by atoms with van der Waals surface area (Å²) >= 11 is 0. The van der Waals surface area contributed by atoms with Crippen molar-refractivity contribution < 1.29 is 17.9 Å². The summed E-state index contributed by atoms with van der Waals surface area (Å²) in [6, 6.07) is 7.33. The maximum absolute atomic E-state index is 12.6. The van der Waals surface area contributed by atoms with E-state index in [-0.39, 0.29) is 23.5 Å². The van der Waals surface area contributed by atoms with Gasteiger partial charge in [-0.15, -0.1) is 0 Å². The molecule has 1 aliphatic heterocycles. The number of likely N-dealkylation sites (tertiary alicyclic amines) is 1. The summed E-state index contributed by atoms with van der Waals surface area (Å²) in [7, 11) is -3.64. The minimum Gasteiger partial charge on any atom is -0.484 e. The number of carbonyl (C=O) groups excluding carboxylic acids is 1. The molecule has 0 atom stereocenters. The Balaban J connectivity index is 1.50. The molecule has 0 unspecified atom stereocenters. The molecule has 2 heterocycles. The molecule has 0 spiro atoms. The molecule has 1 aromatic heterocycles. The zero-order chi connectivity index (χ0) is 20.3. The molecule has 0 aliphatic carbocycles. The normalized spacial score (nSPS) is 15.6. The third-order valence-electron chi connectivity index (χ3n) is 4.88. The third kappa shape index (κ3) is 4.71. The van der Waals surface area contributed by atoms with Crippen LogP contribution >= 0.6 is 0 Å². The molecular weight excluding hydrogens is 380 g/mol. The Morgan fingerprint density at radius 1 is 1.21 bits per heavy atom. The quantitative estimate of drug-likeness (QED) is 0.760. The van der Waals surface area contributed by atoms with Gasteiger partial charge in [0.25, 0.3) is 5.91 Å². The van der Waals surface area contributed by atoms with Crippen LogP contribution in [-0.2, 0) is 14.8 Å². The van der Waals surface area contributed by atoms with Crippen LogP contribution < -0.4 is 9.46 Å². The molecule has 0 saturated carbocycles. The van der Waals surface area contributed by atoms with Gasteiger partial charge in [-0.2, -0.15) is 5.10 Å². The molecular formula is C19H26N4O4S. The molecule has 9 heteroatoms. The average molecular weight is 407 g/mol. The summed E-state index contributed by atoms with van der Waals surface area (Å²) in [5.41, 5.74) is 2.10. The molecule has 3 rings (SSSR count). The van der Waals surface area contributed by atoms with Crippen molar-refractivity contribution in [1.29, 1.82) is 0 Å². The Morgan fingerprint density at radius 3 is 2.43 bits per heavy atom. The van der Waals surface area contributed by atoms with Gasteiger partial charge in [-0.05, 0) is 45.7 Å². The van der Waals surface area contributed by atoms with Gasteiger partial charge in [0.2, 0.25) is 10.0 Å². The van der Waals surface area contributed by atoms with Gasteiger partial charge in [-0.3, -0.25) is 9.89 Å². The molecule has 2 aromatic rings. The predicted octanol–water partition coefficient (Wildman–Crippen LogP) is 1.68. The first kappa shape index (κ1) is 20.3. The number of aromatic nitrogens is 2. The number of hydrogen-bond donors (Lipinski definition) is 2. The van der Waals surface area contributed by atoms with E-state index >= 15 is 0 Å². The first-order valence-electron chi connectivity index (χ1n) is 9.27. The summed E-state index contributed by atoms with van der Waals surface area (Å²) in [4.78, 5) is 14.3. The van der Waals surface area contributed by atoms with Gasteiger partial charge in [0.15, 0.2) is 6.61 Å². The molecule has 1 aliphatic rings. The lowest BCUT2D eigenvalue weighted by atomic mass is 10.1. The second-order valence-corrected chi connectivity index (χ2v) is 8.79. The van der Waals surface area contributed by atoms with E-state index < -0.39 is 10.0 Å². The second kappa shape index (κ2) is 8.32. The Hall–Kier alpha value is -2.39. The number of aryl methyl sites for hydroxylation is 3. The largest absolute Gasteiger partial charge is 0.484 e. The first-order chi connectivity index (χ1) is 13.3. The highest BCUT2D eigenvalue weighted by Gasteiger charge is 2.29. The van der Waals surface area contributed by atoms with Crippen LogP contribution in [0.1, 0.15) is 29.8 Å². The smallest absolute Gasteiger partial charge is 0.260 e. The monoisotopic (exact) mass is 406 g/mol. The average Bonchev–Trinajstić information content (AvgIpc) is 3.00. The maximum Gasteiger partial charge on any atom is 0.260 e. The Labute approximate surface area is 165 Å². The fourth-order valence-corrected chi connectivity index (χ4v) is 5.01. The van der Waals surface area contributed by atoms with Crippen molar-refractivity contribution in [3.63, 3.8) is 0 Å². The zero-order valence-corrected chi connectivity index (χ0v) is 17.2. The standard InChI is InChI=1S/C19H26N4O4S/c1-13-4-6-17(7-5-13)27-12-18(24)23-10-8-16(9-11-23)22-28(25,26)19-14(2)20-21-15(19)3/h4-7,16,22H,8-12H2,1-3H3,(H,20,21). The van der Waals surface area contributed by atoms with E-state index in [0.29, 0.717) is 43.1 Å². The van der Waals surface area contributed by atoms with Crippen molar-refractivity contribution >= 4 is 15.9 Å². The summed E-state index contributed by atoms with van der Waals surface area (Å²) in [5.74, 6) is 0.566. The number of aromatic amines is 1. The molecule has 1 aromatic carbocycles. The number of benzene rings is 1. The van der Waals surface area contributed by atoms with Gasteiger partial charge < -0.3 is 9.64 Å². The predicted molar refractivity (Wildman–Crippen MR) is 105 cm³/mol. The lowest BCUT2D eigenvalue weighted by Gasteiger charge is -2.32. The van der Waals surface area contributed by atoms with E-state index in [1.54, 1.807) is 18.7 Å². The highest BCUT2D eigenvalue weighted by molar-refractivity contribution is 7.89. The van der Waals surface area contributed by atoms with Crippen LogP contribution in [0, 0.1) is 20.8 Å². The molecule has 8 nitrogen and oxygen atoms in total. The SMILES string of the molecule is Cc1ccc(OCC(=O)N2CCC(NS(=O)(=O)c3c(C)n[nH]c3C)CC2)cc1. The molecule has 1 saturated heterocycles. The molecule has 2 N–H and O–H groups in total. The minimum absolute atomic E-state index is 0.0210. The van der Waals surface area contributed by atoms with Crippen molar-refractivity contribution in [3.8, 4) is 5.75 Å². The fourth-order valence-electron chi connectivity index (χ4n) is 3.33. The van der Waals surface area contributed by atoms with Crippen molar-refractivity contribution in [2.45, 2.75) is 44.6 Å². The number of nitrogens with one attached hydrogen (secondary N) is 2. The van der Waals surface area contributed by atoms with E-state index in [1.807, 2.05) is 31.2 Å². The third-order valence-corrected chi connectivity index (χ3v) is 6.66. The molecule has 0 bridgehead atoms. The van der Waals surface area contributed by atoms with Crippen LogP contribution in [0.3, 0.4) is 0 Å². The number of carbonyl (C=O) groups is 1. The number of piperidine rings is 1. The summed E-state index contributed by atoms with van der Waals surface area (Å²) in [6.45, 7) is 6.30. The number of rotatable bonds is 6. The van der Waals surface area contributed by atoms with E-state index in [4.69, 9.17) is 4.74 Å². The van der Waals surface area contributed by atoms with Crippen LogP contribution in [-0.4, -0.2) is 55.2 Å². The fraction of sp³-hybridized carbons (Fsp3) is 0.474. The highest BCUT2D eigenvalue weighted by atomic mass is 32.2. The Kier molecular flexibility index (Phi) is 6.04. The molecule has 28 heavy (non-hydrogen) atoms. The van der Waals surface area contributed by atoms with Gasteiger partial charge >= 0.3 is 0 Å². The van der Waals surface area contributed by atoms with Gasteiger partial charge in [0, 0.05) is 19.1 Å². The van der Waals surface area contributed by atoms with Gasteiger partial charge in [-0.25, -0.2) is 13.1 Å². The van der Waals surface area contributed by atoms with E-state index in [1.165, 1.54) is 0 Å². The number of ether oxygens (including phenoxy) is 1. The van der Waals surface area contributed by atoms with E-state index in [9.17, 15) is 13.2 Å². The lowest BCUT2D eigenvalue weighted by molar-refractivity contribution is -0.134. The number of nitrogens with zero attached hydrogens (tertiary/aromatic N) is 2. The van der Waals surface area contributed by atoms with Crippen LogP contribution in [0.4, 0.5) is 0 Å². The summed E-state index contributed by atoms with van der Waals surface area (Å²) in [5, 5.41) is 6.65. The first-order valence-corrected chi connectivity index (χ1v) is 10.8. The van der Waals surface area contributed by atoms with Crippen LogP contribution in [0.5, 0.6) is 5.75 Å². The van der Waals surface area contributed by atoms with Crippen molar-refractivity contribution in [2.24, 2.45) is 0 Å². The Morgan fingerprint density at radius 2 is 1.86 bits per heavy atom. The van der Waals surface area contributed by atoms with Crippen molar-refractivity contribution in [1.82, 2.24) is 19.8 Å². The van der Waals surface area contributed by atoms with E-state index in [2.05, 4.69) is 14.9 Å². The maximum atomic E-state index is 12.6. The van der Waals surface area contributed by atoms with E-state index in [0.717, 1.165) is 5.56 Å². The summed E-state index contributed by atoms with van der Waals surface area (Å²) in [6.07, 6.45) is 1.12. The van der Waals surface area contributed by atoms with Crippen LogP contribution in [0.25, 0.3) is 0 Å².